The van der Waals surface area contributed by atoms with Crippen LogP contribution >= 0.6 is 0 Å². The Bertz CT molecular complexity index is 541. The zero-order valence-electron chi connectivity index (χ0n) is 12.2. The normalized spacial score (nSPS) is 12.4. The monoisotopic (exact) mass is 254 g/mol. The van der Waals surface area contributed by atoms with Crippen LogP contribution in [0.5, 0.6) is 0 Å². The molecule has 0 saturated carbocycles. The molecule has 1 atom stereocenters. The first-order valence-corrected chi connectivity index (χ1v) is 6.84. The minimum absolute atomic E-state index is 0.242. The van der Waals surface area contributed by atoms with Crippen LogP contribution in [0.25, 0.3) is 0 Å². The quantitative estimate of drug-likeness (QED) is 0.899. The molecule has 0 saturated heterocycles. The van der Waals surface area contributed by atoms with E-state index in [1.165, 1.54) is 27.8 Å². The Hall–Kier alpha value is -1.67. The second kappa shape index (κ2) is 5.98. The number of benzene rings is 1. The third-order valence-electron chi connectivity index (χ3n) is 3.36. The van der Waals surface area contributed by atoms with Gasteiger partial charge in [-0.25, -0.2) is 0 Å². The van der Waals surface area contributed by atoms with Gasteiger partial charge in [-0.3, -0.25) is 4.98 Å². The lowest BCUT2D eigenvalue weighted by atomic mass is 9.94. The smallest absolute Gasteiger partial charge is 0.0580 e. The Morgan fingerprint density at radius 3 is 2.37 bits per heavy atom. The molecule has 1 heterocycles. The molecule has 2 heteroatoms. The Kier molecular flexibility index (Phi) is 4.33. The molecule has 0 amide bonds. The van der Waals surface area contributed by atoms with Crippen molar-refractivity contribution in [2.45, 2.75) is 33.7 Å². The molecule has 0 aliphatic heterocycles. The number of aromatic nitrogens is 1. The standard InChI is InChI=1S/C17H22N2/c1-5-19-17(16-6-7-18-11-14(16)4)15-9-12(2)8-13(3)10-15/h6-11,17,19H,5H2,1-4H3. The third-order valence-corrected chi connectivity index (χ3v) is 3.36. The molecular weight excluding hydrogens is 232 g/mol. The maximum absolute atomic E-state index is 4.19. The van der Waals surface area contributed by atoms with Crippen molar-refractivity contribution in [2.75, 3.05) is 6.54 Å². The van der Waals surface area contributed by atoms with Gasteiger partial charge >= 0.3 is 0 Å². The highest BCUT2D eigenvalue weighted by atomic mass is 14.9. The molecule has 0 bridgehead atoms. The fraction of sp³-hybridized carbons (Fsp3) is 0.353. The highest BCUT2D eigenvalue weighted by molar-refractivity contribution is 5.38. The number of rotatable bonds is 4. The zero-order chi connectivity index (χ0) is 13.8. The summed E-state index contributed by atoms with van der Waals surface area (Å²) in [6.07, 6.45) is 3.80. The second-order valence-electron chi connectivity index (χ2n) is 5.14. The molecule has 1 N–H and O–H groups in total. The Balaban J connectivity index is 2.48. The Morgan fingerprint density at radius 1 is 1.11 bits per heavy atom. The van der Waals surface area contributed by atoms with Crippen molar-refractivity contribution in [3.8, 4) is 0 Å². The third kappa shape index (κ3) is 3.21. The molecule has 2 rings (SSSR count). The van der Waals surface area contributed by atoms with E-state index in [0.717, 1.165) is 6.54 Å². The topological polar surface area (TPSA) is 24.9 Å². The van der Waals surface area contributed by atoms with Crippen LogP contribution in [-0.4, -0.2) is 11.5 Å². The van der Waals surface area contributed by atoms with Crippen LogP contribution in [0.3, 0.4) is 0 Å². The predicted molar refractivity (Wildman–Crippen MR) is 80.4 cm³/mol. The summed E-state index contributed by atoms with van der Waals surface area (Å²) >= 11 is 0. The van der Waals surface area contributed by atoms with E-state index in [1.54, 1.807) is 0 Å². The first kappa shape index (κ1) is 13.8. The summed E-state index contributed by atoms with van der Waals surface area (Å²) < 4.78 is 0. The molecular formula is C17H22N2. The molecule has 0 spiro atoms. The van der Waals surface area contributed by atoms with Gasteiger partial charge in [0.25, 0.3) is 0 Å². The van der Waals surface area contributed by atoms with Crippen molar-refractivity contribution in [3.63, 3.8) is 0 Å². The molecule has 0 aliphatic carbocycles. The lowest BCUT2D eigenvalue weighted by Crippen LogP contribution is -2.23. The van der Waals surface area contributed by atoms with Crippen LogP contribution in [0.1, 0.15) is 40.8 Å². The molecule has 100 valence electrons. The average Bonchev–Trinajstić information content (AvgIpc) is 2.36. The molecule has 1 aromatic carbocycles. The average molecular weight is 254 g/mol. The van der Waals surface area contributed by atoms with Crippen molar-refractivity contribution >= 4 is 0 Å². The summed E-state index contributed by atoms with van der Waals surface area (Å²) in [4.78, 5) is 4.19. The molecule has 2 nitrogen and oxygen atoms in total. The summed E-state index contributed by atoms with van der Waals surface area (Å²) in [5, 5.41) is 3.58. The number of aryl methyl sites for hydroxylation is 3. The van der Waals surface area contributed by atoms with Crippen molar-refractivity contribution in [1.82, 2.24) is 10.3 Å². The van der Waals surface area contributed by atoms with Gasteiger partial charge in [0.05, 0.1) is 6.04 Å². The fourth-order valence-corrected chi connectivity index (χ4v) is 2.60. The summed E-state index contributed by atoms with van der Waals surface area (Å²) in [6, 6.07) is 9.10. The largest absolute Gasteiger partial charge is 0.307 e. The van der Waals surface area contributed by atoms with Crippen LogP contribution < -0.4 is 5.32 Å². The highest BCUT2D eigenvalue weighted by Gasteiger charge is 2.15. The van der Waals surface area contributed by atoms with Crippen LogP contribution in [0, 0.1) is 20.8 Å². The lowest BCUT2D eigenvalue weighted by molar-refractivity contribution is 0.626. The Morgan fingerprint density at radius 2 is 1.79 bits per heavy atom. The van der Waals surface area contributed by atoms with Gasteiger partial charge < -0.3 is 5.32 Å². The van der Waals surface area contributed by atoms with E-state index in [9.17, 15) is 0 Å². The lowest BCUT2D eigenvalue weighted by Gasteiger charge is -2.21. The molecule has 0 fully saturated rings. The number of nitrogens with one attached hydrogen (secondary N) is 1. The molecule has 19 heavy (non-hydrogen) atoms. The van der Waals surface area contributed by atoms with Gasteiger partial charge in [0.15, 0.2) is 0 Å². The highest BCUT2D eigenvalue weighted by Crippen LogP contribution is 2.25. The van der Waals surface area contributed by atoms with E-state index in [1.807, 2.05) is 12.4 Å². The molecule has 1 unspecified atom stereocenters. The number of hydrogen-bond acceptors (Lipinski definition) is 2. The number of pyridine rings is 1. The van der Waals surface area contributed by atoms with Gasteiger partial charge in [0.1, 0.15) is 0 Å². The van der Waals surface area contributed by atoms with Gasteiger partial charge in [-0.2, -0.15) is 0 Å². The predicted octanol–water partition coefficient (Wildman–Crippen LogP) is 3.71. The molecule has 0 radical (unpaired) electrons. The van der Waals surface area contributed by atoms with E-state index in [0.29, 0.717) is 0 Å². The first-order valence-electron chi connectivity index (χ1n) is 6.84. The van der Waals surface area contributed by atoms with E-state index >= 15 is 0 Å². The number of nitrogens with zero attached hydrogens (tertiary/aromatic N) is 1. The van der Waals surface area contributed by atoms with E-state index in [2.05, 4.69) is 62.3 Å². The van der Waals surface area contributed by atoms with Crippen molar-refractivity contribution in [1.29, 1.82) is 0 Å². The molecule has 1 aromatic heterocycles. The van der Waals surface area contributed by atoms with Crippen molar-refractivity contribution in [3.05, 3.63) is 64.5 Å². The van der Waals surface area contributed by atoms with Gasteiger partial charge in [-0.15, -0.1) is 0 Å². The van der Waals surface area contributed by atoms with Crippen LogP contribution in [0.4, 0.5) is 0 Å². The Labute approximate surface area is 115 Å². The summed E-state index contributed by atoms with van der Waals surface area (Å²) in [5.41, 5.74) is 6.48. The maximum atomic E-state index is 4.19. The SMILES string of the molecule is CCNC(c1cc(C)cc(C)c1)c1ccncc1C. The molecule has 2 aromatic rings. The van der Waals surface area contributed by atoms with Gasteiger partial charge in [0, 0.05) is 12.4 Å². The maximum Gasteiger partial charge on any atom is 0.0580 e. The minimum Gasteiger partial charge on any atom is -0.307 e. The van der Waals surface area contributed by atoms with Gasteiger partial charge in [0.2, 0.25) is 0 Å². The van der Waals surface area contributed by atoms with Crippen molar-refractivity contribution < 1.29 is 0 Å². The van der Waals surface area contributed by atoms with Gasteiger partial charge in [-0.05, 0) is 50.1 Å². The second-order valence-corrected chi connectivity index (χ2v) is 5.14. The fourth-order valence-electron chi connectivity index (χ4n) is 2.60. The van der Waals surface area contributed by atoms with Crippen LogP contribution in [-0.2, 0) is 0 Å². The molecule has 0 aliphatic rings. The van der Waals surface area contributed by atoms with E-state index in [-0.39, 0.29) is 6.04 Å². The zero-order valence-corrected chi connectivity index (χ0v) is 12.2. The van der Waals surface area contributed by atoms with Crippen LogP contribution in [0.15, 0.2) is 36.7 Å². The summed E-state index contributed by atoms with van der Waals surface area (Å²) in [7, 11) is 0. The van der Waals surface area contributed by atoms with Crippen LogP contribution in [0.2, 0.25) is 0 Å². The van der Waals surface area contributed by atoms with E-state index < -0.39 is 0 Å². The number of hydrogen-bond donors (Lipinski definition) is 1. The summed E-state index contributed by atoms with van der Waals surface area (Å²) in [5.74, 6) is 0. The summed E-state index contributed by atoms with van der Waals surface area (Å²) in [6.45, 7) is 9.51. The van der Waals surface area contributed by atoms with E-state index in [4.69, 9.17) is 0 Å². The van der Waals surface area contributed by atoms with Gasteiger partial charge in [-0.1, -0.05) is 36.2 Å². The van der Waals surface area contributed by atoms with Crippen molar-refractivity contribution in [2.24, 2.45) is 0 Å². The minimum atomic E-state index is 0.242. The first-order chi connectivity index (χ1) is 9.11.